The highest BCUT2D eigenvalue weighted by molar-refractivity contribution is 6.04. The fourth-order valence-electron chi connectivity index (χ4n) is 6.93. The van der Waals surface area contributed by atoms with Crippen molar-refractivity contribution in [3.63, 3.8) is 0 Å². The highest BCUT2D eigenvalue weighted by atomic mass is 19.1. The molecule has 2 fully saturated rings. The van der Waals surface area contributed by atoms with E-state index in [1.807, 2.05) is 4.90 Å². The number of nitrogens with one attached hydrogen (secondary N) is 2. The van der Waals surface area contributed by atoms with E-state index >= 15 is 0 Å². The van der Waals surface area contributed by atoms with Crippen LogP contribution in [0.5, 0.6) is 0 Å². The molecule has 0 spiro atoms. The molecule has 4 aromatic rings. The van der Waals surface area contributed by atoms with E-state index in [4.69, 9.17) is 4.98 Å². The van der Waals surface area contributed by atoms with Crippen molar-refractivity contribution in [3.8, 4) is 0 Å². The Labute approximate surface area is 257 Å². The number of Topliss-reactive ketones (excluding diaryl/α,β-unsaturated/α-hetero) is 1. The number of anilines is 1. The number of fused-ring (bicyclic) bond motifs is 5. The standard InChI is InChI=1S/C32H31F2N9O2/c1-2-3-7-24(26-22(33)5-4-6-23(26)34)35-12-10-18-16-39-43-30(18)40-28(27-25(44)11-13-36-31(27)43)19-14-20-8-9-21(15-19)42(20)32(45)29-37-17-38-41-29/h2,4-6,10,12,16-17,19-21,36H,1,3,7-9,11,13-15H2,(H,37,38,41)/b12-10+,35-24?. The quantitative estimate of drug-likeness (QED) is 0.209. The Morgan fingerprint density at radius 1 is 1.18 bits per heavy atom. The zero-order chi connectivity index (χ0) is 31.1. The van der Waals surface area contributed by atoms with Crippen LogP contribution in [-0.4, -0.2) is 70.7 Å². The molecule has 2 bridgehead atoms. The summed E-state index contributed by atoms with van der Waals surface area (Å²) in [6, 6.07) is 3.73. The Balaban J connectivity index is 1.24. The topological polar surface area (TPSA) is 134 Å². The van der Waals surface area contributed by atoms with E-state index in [0.29, 0.717) is 66.9 Å². The lowest BCUT2D eigenvalue weighted by atomic mass is 9.84. The van der Waals surface area contributed by atoms with Crippen LogP contribution >= 0.6 is 0 Å². The SMILES string of the molecule is C=CCCC(=N/C=C/c1cnn2c3c(c(C4CC5CCC(C4)N5C(=O)c4ncn[nH]4)nc12)C(=O)CCN3)c1c(F)cccc1F. The van der Waals surface area contributed by atoms with Crippen molar-refractivity contribution in [2.75, 3.05) is 11.9 Å². The third-order valence-corrected chi connectivity index (χ3v) is 8.92. The number of carbonyl (C=O) groups excluding carboxylic acids is 2. The van der Waals surface area contributed by atoms with Gasteiger partial charge in [0.2, 0.25) is 5.82 Å². The van der Waals surface area contributed by atoms with Crippen LogP contribution in [0.15, 0.2) is 54.6 Å². The van der Waals surface area contributed by atoms with Crippen LogP contribution in [0.3, 0.4) is 0 Å². The van der Waals surface area contributed by atoms with Gasteiger partial charge in [0.05, 0.1) is 28.7 Å². The Morgan fingerprint density at radius 2 is 1.96 bits per heavy atom. The van der Waals surface area contributed by atoms with Crippen molar-refractivity contribution in [1.29, 1.82) is 0 Å². The van der Waals surface area contributed by atoms with E-state index in [2.05, 4.69) is 37.2 Å². The van der Waals surface area contributed by atoms with E-state index < -0.39 is 11.6 Å². The smallest absolute Gasteiger partial charge is 0.291 e. The van der Waals surface area contributed by atoms with Gasteiger partial charge >= 0.3 is 0 Å². The molecule has 11 nitrogen and oxygen atoms in total. The van der Waals surface area contributed by atoms with Gasteiger partial charge in [-0.05, 0) is 56.7 Å². The van der Waals surface area contributed by atoms with Gasteiger partial charge in [0.25, 0.3) is 5.91 Å². The number of rotatable bonds is 8. The van der Waals surface area contributed by atoms with E-state index in [1.165, 1.54) is 30.7 Å². The molecule has 6 heterocycles. The number of hydrogen-bond acceptors (Lipinski definition) is 8. The van der Waals surface area contributed by atoms with Crippen molar-refractivity contribution in [3.05, 3.63) is 89.4 Å². The average Bonchev–Trinajstić information content (AvgIpc) is 3.77. The third kappa shape index (κ3) is 5.11. The minimum Gasteiger partial charge on any atom is -0.369 e. The molecular weight excluding hydrogens is 580 g/mol. The molecule has 3 aliphatic rings. The number of hydrogen-bond donors (Lipinski definition) is 2. The number of benzene rings is 1. The van der Waals surface area contributed by atoms with Gasteiger partial charge < -0.3 is 10.2 Å². The zero-order valence-electron chi connectivity index (χ0n) is 24.4. The Kier molecular flexibility index (Phi) is 7.51. The Bertz CT molecular complexity index is 1830. The molecule has 3 aliphatic heterocycles. The first-order valence-corrected chi connectivity index (χ1v) is 15.1. The number of halogens is 2. The van der Waals surface area contributed by atoms with Gasteiger partial charge in [0.1, 0.15) is 23.8 Å². The van der Waals surface area contributed by atoms with Gasteiger partial charge in [-0.2, -0.15) is 14.7 Å². The maximum Gasteiger partial charge on any atom is 0.291 e. The lowest BCUT2D eigenvalue weighted by Crippen LogP contribution is -2.46. The summed E-state index contributed by atoms with van der Waals surface area (Å²) in [5.41, 5.74) is 2.53. The van der Waals surface area contributed by atoms with E-state index in [1.54, 1.807) is 22.9 Å². The first kappa shape index (κ1) is 28.7. The number of allylic oxidation sites excluding steroid dienone is 1. The number of nitrogens with zero attached hydrogens (tertiary/aromatic N) is 7. The average molecular weight is 612 g/mol. The number of aliphatic imine (C=N–C) groups is 1. The summed E-state index contributed by atoms with van der Waals surface area (Å²) in [7, 11) is 0. The van der Waals surface area contributed by atoms with Gasteiger partial charge in [-0.25, -0.2) is 18.7 Å². The molecule has 1 aromatic carbocycles. The molecule has 13 heteroatoms. The molecule has 0 aliphatic carbocycles. The number of aromatic amines is 1. The highest BCUT2D eigenvalue weighted by Crippen LogP contribution is 2.45. The lowest BCUT2D eigenvalue weighted by molar-refractivity contribution is 0.0556. The summed E-state index contributed by atoms with van der Waals surface area (Å²) in [6.07, 6.45) is 12.1. The Hall–Kier alpha value is -5.07. The number of aromatic nitrogens is 6. The summed E-state index contributed by atoms with van der Waals surface area (Å²) in [5, 5.41) is 14.4. The second-order valence-corrected chi connectivity index (χ2v) is 11.6. The second kappa shape index (κ2) is 11.8. The molecule has 2 atom stereocenters. The summed E-state index contributed by atoms with van der Waals surface area (Å²) in [5.74, 6) is -0.725. The van der Waals surface area contributed by atoms with Crippen LogP contribution in [0.25, 0.3) is 11.7 Å². The number of carbonyl (C=O) groups is 2. The lowest BCUT2D eigenvalue weighted by Gasteiger charge is -2.39. The van der Waals surface area contributed by atoms with Crippen LogP contribution in [-0.2, 0) is 0 Å². The maximum absolute atomic E-state index is 14.6. The minimum atomic E-state index is -0.682. The van der Waals surface area contributed by atoms with E-state index in [9.17, 15) is 18.4 Å². The van der Waals surface area contributed by atoms with Crippen LogP contribution < -0.4 is 5.32 Å². The van der Waals surface area contributed by atoms with Gasteiger partial charge in [0, 0.05) is 42.7 Å². The van der Waals surface area contributed by atoms with Crippen LogP contribution in [0, 0.1) is 11.6 Å². The number of H-pyrrole nitrogens is 1. The predicted octanol–water partition coefficient (Wildman–Crippen LogP) is 5.10. The molecule has 7 rings (SSSR count). The summed E-state index contributed by atoms with van der Waals surface area (Å²) >= 11 is 0. The van der Waals surface area contributed by atoms with Crippen molar-refractivity contribution in [1.82, 2.24) is 34.7 Å². The van der Waals surface area contributed by atoms with Crippen molar-refractivity contribution < 1.29 is 18.4 Å². The predicted molar refractivity (Wildman–Crippen MR) is 163 cm³/mol. The van der Waals surface area contributed by atoms with Gasteiger partial charge in [0.15, 0.2) is 11.4 Å². The van der Waals surface area contributed by atoms with Gasteiger partial charge in [-0.15, -0.1) is 6.58 Å². The molecule has 1 amide bonds. The maximum atomic E-state index is 14.6. The molecule has 230 valence electrons. The Morgan fingerprint density at radius 3 is 2.67 bits per heavy atom. The van der Waals surface area contributed by atoms with Crippen LogP contribution in [0.4, 0.5) is 14.6 Å². The van der Waals surface area contributed by atoms with Crippen molar-refractivity contribution >= 4 is 34.9 Å². The third-order valence-electron chi connectivity index (χ3n) is 8.92. The molecule has 2 saturated heterocycles. The fourth-order valence-corrected chi connectivity index (χ4v) is 6.93. The van der Waals surface area contributed by atoms with Crippen molar-refractivity contribution in [2.45, 2.75) is 62.9 Å². The monoisotopic (exact) mass is 611 g/mol. The van der Waals surface area contributed by atoms with E-state index in [0.717, 1.165) is 12.8 Å². The van der Waals surface area contributed by atoms with Crippen molar-refractivity contribution in [2.24, 2.45) is 4.99 Å². The molecule has 0 saturated carbocycles. The first-order valence-electron chi connectivity index (χ1n) is 15.1. The molecule has 3 aromatic heterocycles. The summed E-state index contributed by atoms with van der Waals surface area (Å²) in [4.78, 5) is 42.0. The molecule has 2 N–H and O–H groups in total. The van der Waals surface area contributed by atoms with Crippen LogP contribution in [0.2, 0.25) is 0 Å². The molecule has 2 unspecified atom stereocenters. The molecular formula is C32H31F2N9O2. The summed E-state index contributed by atoms with van der Waals surface area (Å²) < 4.78 is 30.8. The van der Waals surface area contributed by atoms with Gasteiger partial charge in [-0.1, -0.05) is 12.1 Å². The minimum absolute atomic E-state index is 0.00180. The zero-order valence-corrected chi connectivity index (χ0v) is 24.4. The van der Waals surface area contributed by atoms with Crippen LogP contribution in [0.1, 0.15) is 88.7 Å². The fraction of sp³-hybridized carbons (Fsp3) is 0.344. The molecule has 45 heavy (non-hydrogen) atoms. The highest BCUT2D eigenvalue weighted by Gasteiger charge is 2.46. The number of amides is 1. The largest absolute Gasteiger partial charge is 0.369 e. The van der Waals surface area contributed by atoms with E-state index in [-0.39, 0.29) is 46.8 Å². The number of piperidine rings is 1. The normalized spacial score (nSPS) is 21.4. The second-order valence-electron chi connectivity index (χ2n) is 11.6. The molecule has 0 radical (unpaired) electrons. The number of ketones is 1. The first-order chi connectivity index (χ1) is 21.9. The summed E-state index contributed by atoms with van der Waals surface area (Å²) in [6.45, 7) is 4.20. The van der Waals surface area contributed by atoms with Gasteiger partial charge in [-0.3, -0.25) is 19.7 Å².